The number of benzene rings is 1. The van der Waals surface area contributed by atoms with E-state index in [1.54, 1.807) is 23.4 Å². The van der Waals surface area contributed by atoms with Crippen molar-refractivity contribution in [3.63, 3.8) is 0 Å². The summed E-state index contributed by atoms with van der Waals surface area (Å²) in [6.45, 7) is 1.92. The van der Waals surface area contributed by atoms with Crippen molar-refractivity contribution >= 4 is 41.0 Å². The summed E-state index contributed by atoms with van der Waals surface area (Å²) in [6, 6.07) is 6.21. The van der Waals surface area contributed by atoms with Crippen molar-refractivity contribution in [1.29, 1.82) is 0 Å². The highest BCUT2D eigenvalue weighted by Gasteiger charge is 2.23. The Balaban J connectivity index is 1.49. The molecule has 1 aromatic heterocycles. The predicted octanol–water partition coefficient (Wildman–Crippen LogP) is 2.29. The fourth-order valence-corrected chi connectivity index (χ4v) is 3.05. The van der Waals surface area contributed by atoms with Crippen LogP contribution in [0.5, 0.6) is 0 Å². The van der Waals surface area contributed by atoms with Gasteiger partial charge in [0.1, 0.15) is 0 Å². The fourth-order valence-electron chi connectivity index (χ4n) is 2.56. The fraction of sp³-hybridized carbons (Fsp3) is 0.294. The van der Waals surface area contributed by atoms with Crippen LogP contribution in [0, 0.1) is 0 Å². The van der Waals surface area contributed by atoms with Gasteiger partial charge in [0.2, 0.25) is 5.95 Å². The molecule has 7 nitrogen and oxygen atoms in total. The highest BCUT2D eigenvalue weighted by Crippen LogP contribution is 2.21. The second kappa shape index (κ2) is 8.33. The first kappa shape index (κ1) is 18.4. The molecule has 0 saturated carbocycles. The first-order chi connectivity index (χ1) is 12.5. The maximum Gasteiger partial charge on any atom is 0.340 e. The molecule has 1 aliphatic heterocycles. The van der Waals surface area contributed by atoms with Gasteiger partial charge >= 0.3 is 5.97 Å². The highest BCUT2D eigenvalue weighted by atomic mass is 35.5. The monoisotopic (exact) mass is 394 g/mol. The number of amides is 1. The van der Waals surface area contributed by atoms with Crippen LogP contribution in [-0.2, 0) is 9.53 Å². The van der Waals surface area contributed by atoms with E-state index in [2.05, 4.69) is 9.97 Å². The normalized spacial score (nSPS) is 14.2. The smallest absolute Gasteiger partial charge is 0.340 e. The van der Waals surface area contributed by atoms with E-state index in [0.717, 1.165) is 0 Å². The molecule has 1 saturated heterocycles. The minimum Gasteiger partial charge on any atom is -0.452 e. The van der Waals surface area contributed by atoms with Crippen LogP contribution < -0.4 is 4.90 Å². The second-order valence-electron chi connectivity index (χ2n) is 5.62. The first-order valence-corrected chi connectivity index (χ1v) is 8.72. The van der Waals surface area contributed by atoms with Crippen LogP contribution in [0.4, 0.5) is 5.95 Å². The molecule has 0 unspecified atom stereocenters. The number of rotatable bonds is 4. The number of carbonyl (C=O) groups is 2. The Bertz CT molecular complexity index is 796. The second-order valence-corrected chi connectivity index (χ2v) is 6.46. The van der Waals surface area contributed by atoms with Crippen molar-refractivity contribution in [2.24, 2.45) is 0 Å². The van der Waals surface area contributed by atoms with Crippen molar-refractivity contribution in [3.05, 3.63) is 52.3 Å². The van der Waals surface area contributed by atoms with Crippen molar-refractivity contribution in [2.45, 2.75) is 0 Å². The van der Waals surface area contributed by atoms with E-state index < -0.39 is 5.97 Å². The lowest BCUT2D eigenvalue weighted by Gasteiger charge is -2.34. The SMILES string of the molecule is O=C(OCC(=O)N1CCN(c2ncccn2)CC1)c1ccc(Cl)cc1Cl. The molecule has 26 heavy (non-hydrogen) atoms. The summed E-state index contributed by atoms with van der Waals surface area (Å²) in [4.78, 5) is 36.4. The first-order valence-electron chi connectivity index (χ1n) is 7.96. The molecular formula is C17H16Cl2N4O3. The minimum atomic E-state index is -0.656. The van der Waals surface area contributed by atoms with Gasteiger partial charge in [-0.05, 0) is 24.3 Å². The van der Waals surface area contributed by atoms with E-state index in [9.17, 15) is 9.59 Å². The lowest BCUT2D eigenvalue weighted by atomic mass is 10.2. The van der Waals surface area contributed by atoms with Gasteiger partial charge < -0.3 is 14.5 Å². The van der Waals surface area contributed by atoms with Crippen molar-refractivity contribution in [2.75, 3.05) is 37.7 Å². The van der Waals surface area contributed by atoms with Crippen molar-refractivity contribution < 1.29 is 14.3 Å². The number of hydrogen-bond acceptors (Lipinski definition) is 6. The number of anilines is 1. The molecule has 2 aromatic rings. The molecule has 1 aromatic carbocycles. The molecule has 0 N–H and O–H groups in total. The zero-order valence-electron chi connectivity index (χ0n) is 13.8. The number of aromatic nitrogens is 2. The molecule has 0 aliphatic carbocycles. The van der Waals surface area contributed by atoms with Crippen LogP contribution in [0.2, 0.25) is 10.0 Å². The van der Waals surface area contributed by atoms with Gasteiger partial charge in [-0.1, -0.05) is 23.2 Å². The summed E-state index contributed by atoms with van der Waals surface area (Å²) in [5.41, 5.74) is 0.176. The average Bonchev–Trinajstić information content (AvgIpc) is 2.66. The van der Waals surface area contributed by atoms with Gasteiger partial charge in [0.05, 0.1) is 10.6 Å². The molecule has 1 amide bonds. The molecule has 0 bridgehead atoms. The van der Waals surface area contributed by atoms with Crippen LogP contribution in [0.15, 0.2) is 36.7 Å². The number of esters is 1. The van der Waals surface area contributed by atoms with E-state index in [0.29, 0.717) is 37.1 Å². The Hall–Kier alpha value is -2.38. The molecule has 0 radical (unpaired) electrons. The summed E-state index contributed by atoms with van der Waals surface area (Å²) in [5, 5.41) is 0.606. The topological polar surface area (TPSA) is 75.6 Å². The molecule has 0 atom stereocenters. The Morgan fingerprint density at radius 1 is 1.08 bits per heavy atom. The number of halogens is 2. The summed E-state index contributed by atoms with van der Waals surface area (Å²) in [7, 11) is 0. The average molecular weight is 395 g/mol. The van der Waals surface area contributed by atoms with Gasteiger partial charge in [-0.3, -0.25) is 4.79 Å². The van der Waals surface area contributed by atoms with E-state index in [1.165, 1.54) is 18.2 Å². The van der Waals surface area contributed by atoms with Gasteiger partial charge in [0, 0.05) is 43.6 Å². The number of nitrogens with zero attached hydrogens (tertiary/aromatic N) is 4. The molecule has 2 heterocycles. The molecular weight excluding hydrogens is 379 g/mol. The minimum absolute atomic E-state index is 0.176. The van der Waals surface area contributed by atoms with E-state index in [4.69, 9.17) is 27.9 Å². The van der Waals surface area contributed by atoms with E-state index in [-0.39, 0.29) is 23.1 Å². The van der Waals surface area contributed by atoms with Crippen LogP contribution in [0.3, 0.4) is 0 Å². The van der Waals surface area contributed by atoms with Gasteiger partial charge in [0.25, 0.3) is 5.91 Å². The Morgan fingerprint density at radius 2 is 1.77 bits per heavy atom. The Morgan fingerprint density at radius 3 is 2.42 bits per heavy atom. The molecule has 0 spiro atoms. The van der Waals surface area contributed by atoms with Crippen molar-refractivity contribution in [1.82, 2.24) is 14.9 Å². The predicted molar refractivity (Wildman–Crippen MR) is 97.6 cm³/mol. The quantitative estimate of drug-likeness (QED) is 0.740. The van der Waals surface area contributed by atoms with Crippen LogP contribution >= 0.6 is 23.2 Å². The van der Waals surface area contributed by atoms with Gasteiger partial charge in [-0.25, -0.2) is 14.8 Å². The van der Waals surface area contributed by atoms with Gasteiger partial charge in [-0.2, -0.15) is 0 Å². The van der Waals surface area contributed by atoms with E-state index in [1.807, 2.05) is 4.90 Å². The zero-order chi connectivity index (χ0) is 18.5. The van der Waals surface area contributed by atoms with Crippen LogP contribution in [-0.4, -0.2) is 59.5 Å². The lowest BCUT2D eigenvalue weighted by Crippen LogP contribution is -2.50. The number of piperazine rings is 1. The third-order valence-electron chi connectivity index (χ3n) is 3.95. The molecule has 136 valence electrons. The number of hydrogen-bond donors (Lipinski definition) is 0. The number of ether oxygens (including phenoxy) is 1. The summed E-state index contributed by atoms with van der Waals surface area (Å²) in [5.74, 6) is -0.267. The maximum atomic E-state index is 12.3. The summed E-state index contributed by atoms with van der Waals surface area (Å²) >= 11 is 11.8. The zero-order valence-corrected chi connectivity index (χ0v) is 15.3. The van der Waals surface area contributed by atoms with E-state index >= 15 is 0 Å². The molecule has 9 heteroatoms. The Labute approximate surface area is 160 Å². The molecule has 1 fully saturated rings. The largest absolute Gasteiger partial charge is 0.452 e. The Kier molecular flexibility index (Phi) is 5.90. The van der Waals surface area contributed by atoms with Crippen LogP contribution in [0.1, 0.15) is 10.4 Å². The summed E-state index contributed by atoms with van der Waals surface area (Å²) in [6.07, 6.45) is 3.36. The highest BCUT2D eigenvalue weighted by molar-refractivity contribution is 6.36. The van der Waals surface area contributed by atoms with Crippen molar-refractivity contribution in [3.8, 4) is 0 Å². The van der Waals surface area contributed by atoms with Gasteiger partial charge in [-0.15, -0.1) is 0 Å². The molecule has 1 aliphatic rings. The summed E-state index contributed by atoms with van der Waals surface area (Å²) < 4.78 is 5.08. The third-order valence-corrected chi connectivity index (χ3v) is 4.49. The van der Waals surface area contributed by atoms with Gasteiger partial charge in [0.15, 0.2) is 6.61 Å². The van der Waals surface area contributed by atoms with Crippen LogP contribution in [0.25, 0.3) is 0 Å². The maximum absolute atomic E-state index is 12.3. The standard InChI is InChI=1S/C17H16Cl2N4O3/c18-12-2-3-13(14(19)10-12)16(25)26-11-15(24)22-6-8-23(9-7-22)17-20-4-1-5-21-17/h1-5,10H,6-9,11H2. The third kappa shape index (κ3) is 4.42. The lowest BCUT2D eigenvalue weighted by molar-refractivity contribution is -0.134. The number of carbonyl (C=O) groups excluding carboxylic acids is 2. The molecule has 3 rings (SSSR count).